The number of carbonyl (C=O) groups is 1. The monoisotopic (exact) mass is 330 g/mol. The molecule has 1 aliphatic heterocycles. The first kappa shape index (κ1) is 12.1. The maximum absolute atomic E-state index is 12.2. The number of anilines is 1. The molecule has 1 fully saturated rings. The molecule has 0 bridgehead atoms. The van der Waals surface area contributed by atoms with Gasteiger partial charge >= 0.3 is 0 Å². The Labute approximate surface area is 118 Å². The molecule has 0 aromatic heterocycles. The third-order valence-corrected chi connectivity index (χ3v) is 4.43. The number of hydrogen-bond acceptors (Lipinski definition) is 3. The third kappa shape index (κ3) is 1.61. The van der Waals surface area contributed by atoms with Gasteiger partial charge in [-0.05, 0) is 41.3 Å². The summed E-state index contributed by atoms with van der Waals surface area (Å²) in [7, 11) is 1.58. The van der Waals surface area contributed by atoms with Gasteiger partial charge < -0.3 is 15.4 Å². The highest BCUT2D eigenvalue weighted by Gasteiger charge is 2.44. The summed E-state index contributed by atoms with van der Waals surface area (Å²) in [5.41, 5.74) is 0.816. The fourth-order valence-electron chi connectivity index (χ4n) is 2.47. The van der Waals surface area contributed by atoms with E-state index in [2.05, 4.69) is 26.6 Å². The van der Waals surface area contributed by atoms with Crippen LogP contribution in [0.4, 0.5) is 5.69 Å². The van der Waals surface area contributed by atoms with E-state index in [0.29, 0.717) is 22.0 Å². The van der Waals surface area contributed by atoms with Crippen molar-refractivity contribution in [1.29, 1.82) is 0 Å². The summed E-state index contributed by atoms with van der Waals surface area (Å²) in [6.45, 7) is 0. The first-order chi connectivity index (χ1) is 8.56. The molecule has 1 aromatic carbocycles. The van der Waals surface area contributed by atoms with Crippen LogP contribution < -0.4 is 15.4 Å². The van der Waals surface area contributed by atoms with Crippen LogP contribution in [0.5, 0.6) is 5.75 Å². The minimum atomic E-state index is -0.318. The van der Waals surface area contributed by atoms with Crippen LogP contribution in [-0.4, -0.2) is 18.7 Å². The standard InChI is InChI=1S/C12H12BrClN2O2/c1-18-10-6(13)5-7(14)8-9(10)15-12(3-2-4-12)16-11(8)17/h5,15H,2-4H2,1H3,(H,16,17). The Hall–Kier alpha value is -0.940. The van der Waals surface area contributed by atoms with Gasteiger partial charge in [0.2, 0.25) is 0 Å². The van der Waals surface area contributed by atoms with Crippen molar-refractivity contribution in [3.63, 3.8) is 0 Å². The number of methoxy groups -OCH3 is 1. The van der Waals surface area contributed by atoms with Crippen molar-refractivity contribution in [3.05, 3.63) is 21.1 Å². The molecule has 96 valence electrons. The van der Waals surface area contributed by atoms with Crippen LogP contribution >= 0.6 is 27.5 Å². The van der Waals surface area contributed by atoms with Crippen LogP contribution in [0, 0.1) is 0 Å². The first-order valence-corrected chi connectivity index (χ1v) is 6.90. The van der Waals surface area contributed by atoms with Crippen LogP contribution in [0.3, 0.4) is 0 Å². The summed E-state index contributed by atoms with van der Waals surface area (Å²) >= 11 is 9.54. The smallest absolute Gasteiger partial charge is 0.256 e. The number of fused-ring (bicyclic) bond motifs is 1. The summed E-state index contributed by atoms with van der Waals surface area (Å²) in [6, 6.07) is 1.68. The topological polar surface area (TPSA) is 50.4 Å². The molecule has 6 heteroatoms. The Balaban J connectivity index is 2.18. The molecule has 1 aromatic rings. The number of benzene rings is 1. The quantitative estimate of drug-likeness (QED) is 0.831. The molecular weight excluding hydrogens is 320 g/mol. The maximum atomic E-state index is 12.2. The largest absolute Gasteiger partial charge is 0.493 e. The molecule has 1 saturated carbocycles. The highest BCUT2D eigenvalue weighted by atomic mass is 79.9. The van der Waals surface area contributed by atoms with Gasteiger partial charge in [0, 0.05) is 0 Å². The van der Waals surface area contributed by atoms with Crippen molar-refractivity contribution in [2.45, 2.75) is 24.9 Å². The van der Waals surface area contributed by atoms with Crippen LogP contribution in [0.15, 0.2) is 10.5 Å². The third-order valence-electron chi connectivity index (χ3n) is 3.54. The molecule has 2 aliphatic rings. The molecule has 0 saturated heterocycles. The van der Waals surface area contributed by atoms with Gasteiger partial charge in [-0.15, -0.1) is 0 Å². The summed E-state index contributed by atoms with van der Waals surface area (Å²) in [4.78, 5) is 12.2. The van der Waals surface area contributed by atoms with Crippen LogP contribution in [0.2, 0.25) is 5.02 Å². The van der Waals surface area contributed by atoms with Crippen LogP contribution in [-0.2, 0) is 0 Å². The number of carbonyl (C=O) groups excluding carboxylic acids is 1. The summed E-state index contributed by atoms with van der Waals surface area (Å²) in [5.74, 6) is 0.481. The molecule has 18 heavy (non-hydrogen) atoms. The van der Waals surface area contributed by atoms with Crippen LogP contribution in [0.1, 0.15) is 29.6 Å². The molecule has 3 rings (SSSR count). The van der Waals surface area contributed by atoms with Gasteiger partial charge in [0.15, 0.2) is 5.75 Å². The predicted octanol–water partition coefficient (Wildman–Crippen LogP) is 3.15. The van der Waals surface area contributed by atoms with E-state index in [9.17, 15) is 4.79 Å². The van der Waals surface area contributed by atoms with E-state index >= 15 is 0 Å². The molecule has 1 amide bonds. The molecule has 1 spiro atoms. The zero-order chi connectivity index (χ0) is 12.9. The predicted molar refractivity (Wildman–Crippen MR) is 73.4 cm³/mol. The average molecular weight is 332 g/mol. The van der Waals surface area contributed by atoms with E-state index in [-0.39, 0.29) is 11.6 Å². The van der Waals surface area contributed by atoms with E-state index in [1.165, 1.54) is 0 Å². The molecule has 1 aliphatic carbocycles. The van der Waals surface area contributed by atoms with E-state index in [4.69, 9.17) is 16.3 Å². The van der Waals surface area contributed by atoms with Crippen molar-refractivity contribution >= 4 is 39.1 Å². The average Bonchev–Trinajstić information content (AvgIpc) is 2.26. The van der Waals surface area contributed by atoms with E-state index < -0.39 is 0 Å². The second kappa shape index (κ2) is 4.03. The lowest BCUT2D eigenvalue weighted by molar-refractivity contribution is 0.0843. The summed E-state index contributed by atoms with van der Waals surface area (Å²) in [5, 5.41) is 6.78. The van der Waals surface area contributed by atoms with Gasteiger partial charge in [0.1, 0.15) is 5.66 Å². The summed E-state index contributed by atoms with van der Waals surface area (Å²) in [6.07, 6.45) is 2.95. The lowest BCUT2D eigenvalue weighted by atomic mass is 9.82. The number of hydrogen-bond donors (Lipinski definition) is 2. The fraction of sp³-hybridized carbons (Fsp3) is 0.417. The highest BCUT2D eigenvalue weighted by Crippen LogP contribution is 2.46. The second-order valence-corrected chi connectivity index (χ2v) is 5.90. The van der Waals surface area contributed by atoms with Crippen molar-refractivity contribution in [2.24, 2.45) is 0 Å². The van der Waals surface area contributed by atoms with Gasteiger partial charge in [-0.1, -0.05) is 11.6 Å². The zero-order valence-corrected chi connectivity index (χ0v) is 12.1. The lowest BCUT2D eigenvalue weighted by Crippen LogP contribution is -2.61. The zero-order valence-electron chi connectivity index (χ0n) is 9.77. The van der Waals surface area contributed by atoms with E-state index in [0.717, 1.165) is 23.7 Å². The molecular formula is C12H12BrClN2O2. The maximum Gasteiger partial charge on any atom is 0.256 e. The molecule has 0 unspecified atom stereocenters. The van der Waals surface area contributed by atoms with Crippen molar-refractivity contribution in [1.82, 2.24) is 5.32 Å². The molecule has 2 N–H and O–H groups in total. The Bertz CT molecular complexity index is 543. The molecule has 0 radical (unpaired) electrons. The van der Waals surface area contributed by atoms with E-state index in [1.807, 2.05) is 0 Å². The number of rotatable bonds is 1. The Morgan fingerprint density at radius 1 is 1.44 bits per heavy atom. The number of amides is 1. The SMILES string of the molecule is COc1c(Br)cc(Cl)c2c1NC1(CCC1)NC2=O. The van der Waals surface area contributed by atoms with Crippen LogP contribution in [0.25, 0.3) is 0 Å². The highest BCUT2D eigenvalue weighted by molar-refractivity contribution is 9.10. The van der Waals surface area contributed by atoms with Gasteiger partial charge in [-0.3, -0.25) is 4.79 Å². The van der Waals surface area contributed by atoms with Gasteiger partial charge in [0.05, 0.1) is 27.9 Å². The second-order valence-electron chi connectivity index (χ2n) is 4.64. The normalized spacial score (nSPS) is 19.6. The van der Waals surface area contributed by atoms with Gasteiger partial charge in [-0.2, -0.15) is 0 Å². The first-order valence-electron chi connectivity index (χ1n) is 5.73. The molecule has 0 atom stereocenters. The van der Waals surface area contributed by atoms with Crippen molar-refractivity contribution in [2.75, 3.05) is 12.4 Å². The molecule has 1 heterocycles. The number of nitrogens with one attached hydrogen (secondary N) is 2. The molecule has 4 nitrogen and oxygen atoms in total. The Morgan fingerprint density at radius 3 is 2.72 bits per heavy atom. The van der Waals surface area contributed by atoms with Crippen molar-refractivity contribution in [3.8, 4) is 5.75 Å². The Morgan fingerprint density at radius 2 is 2.17 bits per heavy atom. The summed E-state index contributed by atoms with van der Waals surface area (Å²) < 4.78 is 6.10. The van der Waals surface area contributed by atoms with E-state index in [1.54, 1.807) is 13.2 Å². The van der Waals surface area contributed by atoms with Gasteiger partial charge in [0.25, 0.3) is 5.91 Å². The van der Waals surface area contributed by atoms with Crippen molar-refractivity contribution < 1.29 is 9.53 Å². The van der Waals surface area contributed by atoms with Gasteiger partial charge in [-0.25, -0.2) is 0 Å². The number of ether oxygens (including phenoxy) is 1. The number of halogens is 2. The fourth-order valence-corrected chi connectivity index (χ4v) is 3.48. The Kier molecular flexibility index (Phi) is 2.71. The lowest BCUT2D eigenvalue weighted by Gasteiger charge is -2.47. The minimum Gasteiger partial charge on any atom is -0.493 e. The minimum absolute atomic E-state index is 0.140.